The van der Waals surface area contributed by atoms with E-state index < -0.39 is 6.10 Å². The standard InChI is InChI=1S/C24H36N2O4/c1-5-29-24-10-18(6-7-23(24)30-9-8-16(2)3)13-26-14-19-11-21(25-17(4)27)22(28)12-20(19)15-26/h6-8,10,19-22,28H,5,9,11-15H2,1-4H3,(H,25,27)/t19-,20+,21-,22-/m1/s1. The molecular formula is C24H36N2O4. The summed E-state index contributed by atoms with van der Waals surface area (Å²) in [7, 11) is 0. The number of rotatable bonds is 8. The summed E-state index contributed by atoms with van der Waals surface area (Å²) in [4.78, 5) is 13.9. The molecule has 2 N–H and O–H groups in total. The lowest BCUT2D eigenvalue weighted by Gasteiger charge is -2.35. The molecule has 6 nitrogen and oxygen atoms in total. The maximum Gasteiger partial charge on any atom is 0.217 e. The number of carbonyl (C=O) groups is 1. The first-order valence-electron chi connectivity index (χ1n) is 11.0. The summed E-state index contributed by atoms with van der Waals surface area (Å²) in [5.41, 5.74) is 2.43. The highest BCUT2D eigenvalue weighted by atomic mass is 16.5. The van der Waals surface area contributed by atoms with Crippen LogP contribution < -0.4 is 14.8 Å². The molecule has 1 aromatic carbocycles. The van der Waals surface area contributed by atoms with Gasteiger partial charge in [-0.25, -0.2) is 0 Å². The van der Waals surface area contributed by atoms with E-state index in [4.69, 9.17) is 9.47 Å². The van der Waals surface area contributed by atoms with Crippen LogP contribution in [0.15, 0.2) is 29.8 Å². The number of allylic oxidation sites excluding steroid dienone is 1. The van der Waals surface area contributed by atoms with E-state index in [9.17, 15) is 9.90 Å². The van der Waals surface area contributed by atoms with E-state index >= 15 is 0 Å². The molecule has 1 heterocycles. The average molecular weight is 417 g/mol. The summed E-state index contributed by atoms with van der Waals surface area (Å²) in [6, 6.07) is 6.07. The Kier molecular flexibility index (Phi) is 7.78. The number of benzene rings is 1. The fourth-order valence-electron chi connectivity index (χ4n) is 4.67. The summed E-state index contributed by atoms with van der Waals surface area (Å²) >= 11 is 0. The molecule has 2 fully saturated rings. The topological polar surface area (TPSA) is 71.0 Å². The minimum absolute atomic E-state index is 0.0669. The quantitative estimate of drug-likeness (QED) is 0.637. The fourth-order valence-corrected chi connectivity index (χ4v) is 4.67. The molecule has 0 radical (unpaired) electrons. The number of fused-ring (bicyclic) bond motifs is 1. The second-order valence-corrected chi connectivity index (χ2v) is 8.87. The predicted molar refractivity (Wildman–Crippen MR) is 118 cm³/mol. The zero-order chi connectivity index (χ0) is 21.7. The predicted octanol–water partition coefficient (Wildman–Crippen LogP) is 3.14. The Morgan fingerprint density at radius 3 is 2.57 bits per heavy atom. The Morgan fingerprint density at radius 2 is 1.90 bits per heavy atom. The number of ether oxygens (including phenoxy) is 2. The highest BCUT2D eigenvalue weighted by molar-refractivity contribution is 5.73. The molecule has 0 spiro atoms. The van der Waals surface area contributed by atoms with Crippen LogP contribution in [0.4, 0.5) is 0 Å². The van der Waals surface area contributed by atoms with E-state index in [1.165, 1.54) is 18.1 Å². The second-order valence-electron chi connectivity index (χ2n) is 8.87. The fraction of sp³-hybridized carbons (Fsp3) is 0.625. The molecule has 3 rings (SSSR count). The van der Waals surface area contributed by atoms with Crippen molar-refractivity contribution in [1.82, 2.24) is 10.2 Å². The highest BCUT2D eigenvalue weighted by Crippen LogP contribution is 2.37. The number of carbonyl (C=O) groups excluding carboxylic acids is 1. The molecule has 1 aromatic rings. The monoisotopic (exact) mass is 416 g/mol. The molecule has 1 saturated heterocycles. The van der Waals surface area contributed by atoms with Gasteiger partial charge in [0.15, 0.2) is 11.5 Å². The lowest BCUT2D eigenvalue weighted by atomic mass is 9.77. The van der Waals surface area contributed by atoms with Crippen LogP contribution in [0.25, 0.3) is 0 Å². The van der Waals surface area contributed by atoms with Crippen LogP contribution in [-0.2, 0) is 11.3 Å². The number of hydrogen-bond donors (Lipinski definition) is 2. The third kappa shape index (κ3) is 5.99. The number of nitrogens with zero attached hydrogens (tertiary/aromatic N) is 1. The van der Waals surface area contributed by atoms with Crippen molar-refractivity contribution in [2.75, 3.05) is 26.3 Å². The zero-order valence-corrected chi connectivity index (χ0v) is 18.7. The molecule has 0 aromatic heterocycles. The minimum atomic E-state index is -0.447. The van der Waals surface area contributed by atoms with Gasteiger partial charge in [-0.3, -0.25) is 9.69 Å². The van der Waals surface area contributed by atoms with Gasteiger partial charge in [0.25, 0.3) is 0 Å². The van der Waals surface area contributed by atoms with Gasteiger partial charge < -0.3 is 19.9 Å². The molecule has 1 aliphatic heterocycles. The van der Waals surface area contributed by atoms with Gasteiger partial charge in [0, 0.05) is 26.6 Å². The van der Waals surface area contributed by atoms with Gasteiger partial charge in [0.2, 0.25) is 5.91 Å². The van der Waals surface area contributed by atoms with Crippen LogP contribution in [0.1, 0.15) is 46.1 Å². The van der Waals surface area contributed by atoms with Crippen molar-refractivity contribution in [3.8, 4) is 11.5 Å². The lowest BCUT2D eigenvalue weighted by molar-refractivity contribution is -0.121. The molecule has 166 valence electrons. The van der Waals surface area contributed by atoms with Crippen LogP contribution in [0.2, 0.25) is 0 Å². The molecule has 6 heteroatoms. The van der Waals surface area contributed by atoms with Crippen LogP contribution >= 0.6 is 0 Å². The van der Waals surface area contributed by atoms with Crippen molar-refractivity contribution in [3.63, 3.8) is 0 Å². The van der Waals surface area contributed by atoms with Crippen molar-refractivity contribution in [2.45, 2.75) is 59.2 Å². The van der Waals surface area contributed by atoms with Gasteiger partial charge in [-0.15, -0.1) is 0 Å². The summed E-state index contributed by atoms with van der Waals surface area (Å²) < 4.78 is 11.7. The van der Waals surface area contributed by atoms with Crippen molar-refractivity contribution in [1.29, 1.82) is 0 Å². The van der Waals surface area contributed by atoms with Crippen molar-refractivity contribution < 1.29 is 19.4 Å². The third-order valence-corrected chi connectivity index (χ3v) is 6.05. The van der Waals surface area contributed by atoms with Gasteiger partial charge in [-0.2, -0.15) is 0 Å². The first-order valence-corrected chi connectivity index (χ1v) is 11.0. The zero-order valence-electron chi connectivity index (χ0n) is 18.7. The second kappa shape index (κ2) is 10.3. The minimum Gasteiger partial charge on any atom is -0.490 e. The molecule has 1 aliphatic carbocycles. The number of amides is 1. The lowest BCUT2D eigenvalue weighted by Crippen LogP contribution is -2.48. The van der Waals surface area contributed by atoms with Gasteiger partial charge in [-0.1, -0.05) is 11.6 Å². The summed E-state index contributed by atoms with van der Waals surface area (Å²) in [5, 5.41) is 13.3. The Bertz CT molecular complexity index is 760. The van der Waals surface area contributed by atoms with E-state index in [1.807, 2.05) is 13.0 Å². The largest absolute Gasteiger partial charge is 0.490 e. The number of likely N-dealkylation sites (tertiary alicyclic amines) is 1. The first kappa shape index (κ1) is 22.6. The molecule has 1 amide bonds. The number of hydrogen-bond acceptors (Lipinski definition) is 5. The normalized spacial score (nSPS) is 26.0. The van der Waals surface area contributed by atoms with Gasteiger partial charge in [-0.05, 0) is 69.2 Å². The van der Waals surface area contributed by atoms with E-state index in [-0.39, 0.29) is 11.9 Å². The Morgan fingerprint density at radius 1 is 1.17 bits per heavy atom. The van der Waals surface area contributed by atoms with E-state index in [0.717, 1.165) is 44.0 Å². The van der Waals surface area contributed by atoms with Crippen molar-refractivity contribution in [3.05, 3.63) is 35.4 Å². The van der Waals surface area contributed by atoms with Gasteiger partial charge in [0.1, 0.15) is 6.61 Å². The number of nitrogens with one attached hydrogen (secondary N) is 1. The molecule has 0 bridgehead atoms. The Balaban J connectivity index is 1.62. The first-order chi connectivity index (χ1) is 14.4. The van der Waals surface area contributed by atoms with Crippen molar-refractivity contribution in [2.24, 2.45) is 11.8 Å². The maximum atomic E-state index is 11.4. The molecular weight excluding hydrogens is 380 g/mol. The third-order valence-electron chi connectivity index (χ3n) is 6.05. The average Bonchev–Trinajstić information content (AvgIpc) is 3.04. The smallest absolute Gasteiger partial charge is 0.217 e. The Labute approximate surface area is 180 Å². The SMILES string of the molecule is CCOc1cc(CN2C[C@H]3C[C@@H](NC(C)=O)[C@H](O)C[C@H]3C2)ccc1OCC=C(C)C. The highest BCUT2D eigenvalue weighted by Gasteiger charge is 2.41. The molecule has 2 aliphatic rings. The molecule has 0 unspecified atom stereocenters. The van der Waals surface area contributed by atoms with Crippen molar-refractivity contribution >= 4 is 5.91 Å². The maximum absolute atomic E-state index is 11.4. The van der Waals surface area contributed by atoms with E-state index in [1.54, 1.807) is 0 Å². The van der Waals surface area contributed by atoms with E-state index in [0.29, 0.717) is 25.0 Å². The molecule has 1 saturated carbocycles. The number of aliphatic hydroxyl groups is 1. The Hall–Kier alpha value is -2.05. The molecule has 30 heavy (non-hydrogen) atoms. The van der Waals surface area contributed by atoms with Crippen LogP contribution in [0.5, 0.6) is 11.5 Å². The summed E-state index contributed by atoms with van der Waals surface area (Å²) in [6.07, 6.45) is 3.21. The number of aliphatic hydroxyl groups excluding tert-OH is 1. The van der Waals surface area contributed by atoms with Crippen LogP contribution in [-0.4, -0.2) is 54.4 Å². The van der Waals surface area contributed by atoms with Gasteiger partial charge in [0.05, 0.1) is 18.8 Å². The van der Waals surface area contributed by atoms with E-state index in [2.05, 4.69) is 42.3 Å². The molecule has 4 atom stereocenters. The van der Waals surface area contributed by atoms with Gasteiger partial charge >= 0.3 is 0 Å². The summed E-state index contributed by atoms with van der Waals surface area (Å²) in [5.74, 6) is 2.50. The van der Waals surface area contributed by atoms with Crippen LogP contribution in [0, 0.1) is 11.8 Å². The van der Waals surface area contributed by atoms with Crippen LogP contribution in [0.3, 0.4) is 0 Å². The summed E-state index contributed by atoms with van der Waals surface area (Å²) in [6.45, 7) is 11.6.